The van der Waals surface area contributed by atoms with Crippen LogP contribution in [0.3, 0.4) is 0 Å². The number of nitrogens with one attached hydrogen (secondary N) is 1. The largest absolute Gasteiger partial charge is 0.496 e. The maximum Gasteiger partial charge on any atom is 0.254 e. The molecule has 2 fully saturated rings. The maximum atomic E-state index is 12.1. The van der Waals surface area contributed by atoms with Crippen molar-refractivity contribution in [2.24, 2.45) is 0 Å². The van der Waals surface area contributed by atoms with E-state index in [1.165, 1.54) is 18.1 Å². The number of carbonyl (C=O) groups is 1. The van der Waals surface area contributed by atoms with E-state index in [2.05, 4.69) is 22.3 Å². The molecular formula is C22H28N2O4. The van der Waals surface area contributed by atoms with Crippen molar-refractivity contribution >= 4 is 5.91 Å². The third-order valence-electron chi connectivity index (χ3n) is 5.97. The first kappa shape index (κ1) is 19.0. The number of piperidine rings is 1. The average molecular weight is 384 g/mol. The van der Waals surface area contributed by atoms with Gasteiger partial charge in [0, 0.05) is 31.7 Å². The molecule has 6 nitrogen and oxygen atoms in total. The van der Waals surface area contributed by atoms with E-state index in [0.717, 1.165) is 51.1 Å². The Morgan fingerprint density at radius 3 is 2.82 bits per heavy atom. The summed E-state index contributed by atoms with van der Waals surface area (Å²) in [5, 5.41) is 2.95. The minimum Gasteiger partial charge on any atom is -0.496 e. The standard InChI is InChI=1S/C22H28N2O4/c1-26-20-5-3-2-4-17(20)15-24-11-9-22(10-12-24)8-6-19(28-22)14-23-21(25)18-7-13-27-16-18/h2-5,7,13,16,19H,6,8-12,14-15H2,1H3,(H,23,25). The summed E-state index contributed by atoms with van der Waals surface area (Å²) in [7, 11) is 1.72. The number of rotatable bonds is 6. The van der Waals surface area contributed by atoms with Gasteiger partial charge < -0.3 is 19.2 Å². The number of furan rings is 1. The van der Waals surface area contributed by atoms with Crippen LogP contribution in [0.15, 0.2) is 47.3 Å². The quantitative estimate of drug-likeness (QED) is 0.828. The molecule has 2 aromatic rings. The van der Waals surface area contributed by atoms with Crippen LogP contribution in [0.4, 0.5) is 0 Å². The van der Waals surface area contributed by atoms with E-state index < -0.39 is 0 Å². The van der Waals surface area contributed by atoms with Crippen molar-refractivity contribution in [2.45, 2.75) is 43.9 Å². The smallest absolute Gasteiger partial charge is 0.254 e. The first-order valence-corrected chi connectivity index (χ1v) is 10.00. The Hall–Kier alpha value is -2.31. The first-order chi connectivity index (χ1) is 13.7. The van der Waals surface area contributed by atoms with Crippen molar-refractivity contribution < 1.29 is 18.7 Å². The summed E-state index contributed by atoms with van der Waals surface area (Å²) in [5.74, 6) is 0.846. The number of nitrogens with zero attached hydrogens (tertiary/aromatic N) is 1. The molecule has 2 aliphatic heterocycles. The lowest BCUT2D eigenvalue weighted by Crippen LogP contribution is -2.44. The highest BCUT2D eigenvalue weighted by molar-refractivity contribution is 5.93. The predicted molar refractivity (Wildman–Crippen MR) is 105 cm³/mol. The van der Waals surface area contributed by atoms with E-state index in [4.69, 9.17) is 13.9 Å². The zero-order valence-electron chi connectivity index (χ0n) is 16.4. The summed E-state index contributed by atoms with van der Waals surface area (Å²) < 4.78 is 16.8. The number of benzene rings is 1. The van der Waals surface area contributed by atoms with E-state index in [0.29, 0.717) is 12.1 Å². The van der Waals surface area contributed by atoms with E-state index in [-0.39, 0.29) is 17.6 Å². The molecule has 1 aromatic carbocycles. The van der Waals surface area contributed by atoms with Crippen LogP contribution in [0.25, 0.3) is 0 Å². The van der Waals surface area contributed by atoms with Gasteiger partial charge in [-0.3, -0.25) is 9.69 Å². The summed E-state index contributed by atoms with van der Waals surface area (Å²) in [6.07, 6.45) is 7.21. The van der Waals surface area contributed by atoms with Gasteiger partial charge in [-0.2, -0.15) is 0 Å². The van der Waals surface area contributed by atoms with E-state index >= 15 is 0 Å². The molecule has 28 heavy (non-hydrogen) atoms. The van der Waals surface area contributed by atoms with Crippen molar-refractivity contribution in [3.05, 3.63) is 54.0 Å². The fourth-order valence-corrected chi connectivity index (χ4v) is 4.30. The normalized spacial score (nSPS) is 21.7. The van der Waals surface area contributed by atoms with Gasteiger partial charge in [0.15, 0.2) is 0 Å². The van der Waals surface area contributed by atoms with Gasteiger partial charge in [-0.05, 0) is 37.8 Å². The van der Waals surface area contributed by atoms with Crippen molar-refractivity contribution in [1.29, 1.82) is 0 Å². The second-order valence-electron chi connectivity index (χ2n) is 7.77. The molecule has 1 unspecified atom stereocenters. The van der Waals surface area contributed by atoms with Crippen molar-refractivity contribution in [3.63, 3.8) is 0 Å². The summed E-state index contributed by atoms with van der Waals surface area (Å²) in [6, 6.07) is 9.89. The summed E-state index contributed by atoms with van der Waals surface area (Å²) in [5.41, 5.74) is 1.76. The highest BCUT2D eigenvalue weighted by Gasteiger charge is 2.42. The zero-order chi connectivity index (χ0) is 19.4. The Balaban J connectivity index is 1.25. The number of amides is 1. The number of hydrogen-bond donors (Lipinski definition) is 1. The molecule has 0 saturated carbocycles. The van der Waals surface area contributed by atoms with Gasteiger partial charge in [-0.1, -0.05) is 18.2 Å². The Kier molecular flexibility index (Phi) is 5.69. The molecule has 0 bridgehead atoms. The van der Waals surface area contributed by atoms with Crippen LogP contribution in [0.1, 0.15) is 41.6 Å². The second-order valence-corrected chi connectivity index (χ2v) is 7.77. The minimum absolute atomic E-state index is 0.0255. The monoisotopic (exact) mass is 384 g/mol. The molecule has 1 aromatic heterocycles. The highest BCUT2D eigenvalue weighted by Crippen LogP contribution is 2.39. The first-order valence-electron chi connectivity index (χ1n) is 10.00. The summed E-state index contributed by atoms with van der Waals surface area (Å²) in [6.45, 7) is 3.50. The molecule has 2 aliphatic rings. The molecule has 0 aliphatic carbocycles. The number of ether oxygens (including phenoxy) is 2. The van der Waals surface area contributed by atoms with Crippen LogP contribution < -0.4 is 10.1 Å². The second kappa shape index (κ2) is 8.37. The summed E-state index contributed by atoms with van der Waals surface area (Å²) in [4.78, 5) is 14.5. The maximum absolute atomic E-state index is 12.1. The SMILES string of the molecule is COc1ccccc1CN1CCC2(CCC(CNC(=O)c3ccoc3)O2)CC1. The molecule has 4 rings (SSSR count). The third-order valence-corrected chi connectivity index (χ3v) is 5.97. The number of para-hydroxylation sites is 1. The van der Waals surface area contributed by atoms with Crippen molar-refractivity contribution in [2.75, 3.05) is 26.7 Å². The lowest BCUT2D eigenvalue weighted by Gasteiger charge is -2.39. The van der Waals surface area contributed by atoms with Gasteiger partial charge in [0.25, 0.3) is 5.91 Å². The lowest BCUT2D eigenvalue weighted by molar-refractivity contribution is -0.0765. The van der Waals surface area contributed by atoms with Gasteiger partial charge in [0.05, 0.1) is 30.6 Å². The molecule has 1 amide bonds. The third kappa shape index (κ3) is 4.23. The molecule has 150 valence electrons. The fraction of sp³-hybridized carbons (Fsp3) is 0.500. The molecule has 2 saturated heterocycles. The molecule has 1 spiro atoms. The Labute approximate surface area is 165 Å². The van der Waals surface area contributed by atoms with Crippen LogP contribution >= 0.6 is 0 Å². The molecule has 3 heterocycles. The number of carbonyl (C=O) groups excluding carboxylic acids is 1. The van der Waals surface area contributed by atoms with Crippen LogP contribution in [0, 0.1) is 0 Å². The molecule has 1 atom stereocenters. The van der Waals surface area contributed by atoms with Gasteiger partial charge in [0.1, 0.15) is 12.0 Å². The number of hydrogen-bond acceptors (Lipinski definition) is 5. The summed E-state index contributed by atoms with van der Waals surface area (Å²) >= 11 is 0. The van der Waals surface area contributed by atoms with Gasteiger partial charge in [-0.25, -0.2) is 0 Å². The number of methoxy groups -OCH3 is 1. The van der Waals surface area contributed by atoms with Crippen LogP contribution in [-0.4, -0.2) is 49.3 Å². The fourth-order valence-electron chi connectivity index (χ4n) is 4.30. The molecule has 6 heteroatoms. The Bertz CT molecular complexity index is 782. The lowest BCUT2D eigenvalue weighted by atomic mass is 9.88. The Morgan fingerprint density at radius 1 is 1.25 bits per heavy atom. The molecule has 1 N–H and O–H groups in total. The van der Waals surface area contributed by atoms with Crippen LogP contribution in [-0.2, 0) is 11.3 Å². The van der Waals surface area contributed by atoms with Gasteiger partial charge >= 0.3 is 0 Å². The van der Waals surface area contributed by atoms with Crippen LogP contribution in [0.5, 0.6) is 5.75 Å². The van der Waals surface area contributed by atoms with Gasteiger partial charge in [0.2, 0.25) is 0 Å². The molecule has 0 radical (unpaired) electrons. The highest BCUT2D eigenvalue weighted by atomic mass is 16.5. The average Bonchev–Trinajstić information content (AvgIpc) is 3.39. The van der Waals surface area contributed by atoms with Crippen molar-refractivity contribution in [1.82, 2.24) is 10.2 Å². The molecular weight excluding hydrogens is 356 g/mol. The van der Waals surface area contributed by atoms with E-state index in [1.807, 2.05) is 12.1 Å². The predicted octanol–water partition coefficient (Wildman–Crippen LogP) is 3.23. The van der Waals surface area contributed by atoms with Crippen LogP contribution in [0.2, 0.25) is 0 Å². The van der Waals surface area contributed by atoms with Gasteiger partial charge in [-0.15, -0.1) is 0 Å². The van der Waals surface area contributed by atoms with Crippen molar-refractivity contribution in [3.8, 4) is 5.75 Å². The van der Waals surface area contributed by atoms with E-state index in [9.17, 15) is 4.79 Å². The Morgan fingerprint density at radius 2 is 2.07 bits per heavy atom. The number of likely N-dealkylation sites (tertiary alicyclic amines) is 1. The zero-order valence-corrected chi connectivity index (χ0v) is 16.4. The topological polar surface area (TPSA) is 63.9 Å². The minimum atomic E-state index is -0.107. The van der Waals surface area contributed by atoms with E-state index in [1.54, 1.807) is 13.2 Å².